The zero-order valence-electron chi connectivity index (χ0n) is 8.80. The van der Waals surface area contributed by atoms with Gasteiger partial charge in [-0.25, -0.2) is 0 Å². The van der Waals surface area contributed by atoms with Gasteiger partial charge in [-0.1, -0.05) is 0 Å². The largest absolute Gasteiger partial charge is 0.352 e. The quantitative estimate of drug-likeness (QED) is 0.403. The summed E-state index contributed by atoms with van der Waals surface area (Å²) >= 11 is 4.35. The summed E-state index contributed by atoms with van der Waals surface area (Å²) in [6.07, 6.45) is 2.09. The predicted molar refractivity (Wildman–Crippen MR) is 82.7 cm³/mol. The third kappa shape index (κ3) is 5.44. The number of unbranched alkanes of at least 4 members (excludes halogenated alkanes) is 1. The number of amides is 1. The number of hydrogen-bond acceptors (Lipinski definition) is 2. The zero-order valence-corrected chi connectivity index (χ0v) is 13.1. The Bertz CT molecular complexity index is 327. The summed E-state index contributed by atoms with van der Waals surface area (Å²) in [6, 6.07) is 7.58. The molecule has 0 radical (unpaired) electrons. The van der Waals surface area contributed by atoms with Gasteiger partial charge in [-0.2, -0.15) is 0 Å². The molecule has 0 aromatic heterocycles. The Hall–Kier alpha value is 0.110. The second-order valence-corrected chi connectivity index (χ2v) is 5.36. The van der Waals surface area contributed by atoms with Crippen LogP contribution in [0.5, 0.6) is 0 Å². The first kappa shape index (κ1) is 14.2. The maximum atomic E-state index is 11.7. The van der Waals surface area contributed by atoms with Crippen molar-refractivity contribution < 1.29 is 4.79 Å². The molecular weight excluding hydrogens is 430 g/mol. The Balaban J connectivity index is 2.27. The number of halogens is 2. The van der Waals surface area contributed by atoms with Crippen molar-refractivity contribution in [3.8, 4) is 0 Å². The van der Waals surface area contributed by atoms with Gasteiger partial charge in [-0.3, -0.25) is 8.32 Å². The average molecular weight is 444 g/mol. The van der Waals surface area contributed by atoms with E-state index in [2.05, 4.69) is 54.3 Å². The first-order valence-corrected chi connectivity index (χ1v) is 7.27. The molecule has 0 unspecified atom stereocenters. The summed E-state index contributed by atoms with van der Waals surface area (Å²) in [5, 5.41) is 2.91. The molecule has 0 saturated heterocycles. The van der Waals surface area contributed by atoms with E-state index in [9.17, 15) is 4.79 Å². The number of benzene rings is 1. The summed E-state index contributed by atoms with van der Waals surface area (Å²) < 4.78 is 4.19. The van der Waals surface area contributed by atoms with Crippen molar-refractivity contribution in [2.24, 2.45) is 0 Å². The van der Waals surface area contributed by atoms with E-state index in [1.165, 1.54) is 0 Å². The van der Waals surface area contributed by atoms with Gasteiger partial charge in [0.25, 0.3) is 5.91 Å². The Morgan fingerprint density at radius 3 is 2.38 bits per heavy atom. The van der Waals surface area contributed by atoms with E-state index < -0.39 is 0 Å². The normalized spacial score (nSPS) is 10.1. The molecule has 5 heteroatoms. The molecular formula is C11H14I2N2O. The van der Waals surface area contributed by atoms with Crippen molar-refractivity contribution >= 4 is 51.4 Å². The van der Waals surface area contributed by atoms with E-state index in [-0.39, 0.29) is 5.91 Å². The molecule has 0 saturated carbocycles. The molecule has 1 amide bonds. The molecule has 3 nitrogen and oxygen atoms in total. The predicted octanol–water partition coefficient (Wildman–Crippen LogP) is 2.74. The van der Waals surface area contributed by atoms with Crippen molar-refractivity contribution in [2.75, 3.05) is 13.1 Å². The lowest BCUT2D eigenvalue weighted by molar-refractivity contribution is 0.0953. The van der Waals surface area contributed by atoms with Crippen LogP contribution in [0.4, 0.5) is 0 Å². The second-order valence-electron chi connectivity index (χ2n) is 3.35. The molecule has 1 aromatic carbocycles. The van der Waals surface area contributed by atoms with Crippen LogP contribution in [-0.2, 0) is 0 Å². The second kappa shape index (κ2) is 8.24. The molecule has 0 atom stereocenters. The molecule has 1 rings (SSSR count). The van der Waals surface area contributed by atoms with E-state index >= 15 is 0 Å². The molecule has 0 aliphatic carbocycles. The highest BCUT2D eigenvalue weighted by molar-refractivity contribution is 14.1. The van der Waals surface area contributed by atoms with E-state index in [4.69, 9.17) is 0 Å². The summed E-state index contributed by atoms with van der Waals surface area (Å²) in [6.45, 7) is 1.73. The fraction of sp³-hybridized carbons (Fsp3) is 0.364. The van der Waals surface area contributed by atoms with Crippen LogP contribution in [0, 0.1) is 3.57 Å². The van der Waals surface area contributed by atoms with Gasteiger partial charge in [-0.05, 0) is 59.7 Å². The van der Waals surface area contributed by atoms with Crippen LogP contribution >= 0.6 is 45.5 Å². The molecule has 88 valence electrons. The monoisotopic (exact) mass is 444 g/mol. The van der Waals surface area contributed by atoms with E-state index in [0.29, 0.717) is 0 Å². The fourth-order valence-corrected chi connectivity index (χ4v) is 1.96. The van der Waals surface area contributed by atoms with E-state index in [1.807, 2.05) is 24.3 Å². The van der Waals surface area contributed by atoms with Gasteiger partial charge in [-0.15, -0.1) is 0 Å². The van der Waals surface area contributed by atoms with Gasteiger partial charge >= 0.3 is 0 Å². The molecule has 16 heavy (non-hydrogen) atoms. The molecule has 2 N–H and O–H groups in total. The maximum Gasteiger partial charge on any atom is 0.251 e. The van der Waals surface area contributed by atoms with Gasteiger partial charge in [0.15, 0.2) is 0 Å². The lowest BCUT2D eigenvalue weighted by atomic mass is 10.2. The smallest absolute Gasteiger partial charge is 0.251 e. The highest BCUT2D eigenvalue weighted by atomic mass is 127. The third-order valence-corrected chi connectivity index (χ3v) is 3.35. The van der Waals surface area contributed by atoms with Crippen molar-refractivity contribution in [1.82, 2.24) is 8.85 Å². The Morgan fingerprint density at radius 2 is 1.75 bits per heavy atom. The summed E-state index contributed by atoms with van der Waals surface area (Å²) in [7, 11) is 0. The van der Waals surface area contributed by atoms with Crippen LogP contribution in [0.25, 0.3) is 0 Å². The Morgan fingerprint density at radius 1 is 1.12 bits per heavy atom. The highest BCUT2D eigenvalue weighted by Crippen LogP contribution is 2.06. The van der Waals surface area contributed by atoms with Crippen molar-refractivity contribution in [3.63, 3.8) is 0 Å². The lowest BCUT2D eigenvalue weighted by Gasteiger charge is -2.04. The molecule has 0 spiro atoms. The number of rotatable bonds is 6. The first-order chi connectivity index (χ1) is 7.74. The summed E-state index contributed by atoms with van der Waals surface area (Å²) in [5.74, 6) is 0.0128. The summed E-state index contributed by atoms with van der Waals surface area (Å²) in [5.41, 5.74) is 0.729. The van der Waals surface area contributed by atoms with Crippen LogP contribution in [0.1, 0.15) is 23.2 Å². The molecule has 0 fully saturated rings. The summed E-state index contributed by atoms with van der Waals surface area (Å²) in [4.78, 5) is 11.7. The van der Waals surface area contributed by atoms with E-state index in [1.54, 1.807) is 0 Å². The molecule has 1 aromatic rings. The Kier molecular flexibility index (Phi) is 7.30. The molecule has 0 bridgehead atoms. The maximum absolute atomic E-state index is 11.7. The van der Waals surface area contributed by atoms with Gasteiger partial charge in [0.1, 0.15) is 0 Å². The molecule has 0 heterocycles. The first-order valence-electron chi connectivity index (χ1n) is 5.11. The minimum Gasteiger partial charge on any atom is -0.352 e. The number of carbonyl (C=O) groups is 1. The van der Waals surface area contributed by atoms with Crippen molar-refractivity contribution in [1.29, 1.82) is 0 Å². The van der Waals surface area contributed by atoms with Crippen molar-refractivity contribution in [3.05, 3.63) is 33.4 Å². The van der Waals surface area contributed by atoms with Crippen molar-refractivity contribution in [2.45, 2.75) is 12.8 Å². The molecule has 0 aliphatic heterocycles. The highest BCUT2D eigenvalue weighted by Gasteiger charge is 2.03. The standard InChI is InChI=1S/C11H14I2N2O/c12-10-5-3-9(4-6-10)11(16)14-7-1-2-8-15-13/h3-6,15H,1-2,7-8H2,(H,14,16). The average Bonchev–Trinajstić information content (AvgIpc) is 2.29. The fourth-order valence-electron chi connectivity index (χ4n) is 1.22. The van der Waals surface area contributed by atoms with Crippen LogP contribution in [0.2, 0.25) is 0 Å². The third-order valence-electron chi connectivity index (χ3n) is 2.09. The topological polar surface area (TPSA) is 41.1 Å². The number of carbonyl (C=O) groups excluding carboxylic acids is 1. The zero-order chi connectivity index (χ0) is 11.8. The van der Waals surface area contributed by atoms with Crippen LogP contribution in [-0.4, -0.2) is 19.0 Å². The number of nitrogens with one attached hydrogen (secondary N) is 2. The van der Waals surface area contributed by atoms with Gasteiger partial charge in [0.2, 0.25) is 0 Å². The van der Waals surface area contributed by atoms with Gasteiger partial charge < -0.3 is 5.32 Å². The van der Waals surface area contributed by atoms with Crippen LogP contribution in [0.15, 0.2) is 24.3 Å². The minimum atomic E-state index is 0.0128. The van der Waals surface area contributed by atoms with Gasteiger partial charge in [0.05, 0.1) is 0 Å². The SMILES string of the molecule is O=C(NCCCCNI)c1ccc(I)cc1. The lowest BCUT2D eigenvalue weighted by Crippen LogP contribution is -2.24. The van der Waals surface area contributed by atoms with Gasteiger partial charge in [0, 0.05) is 45.1 Å². The van der Waals surface area contributed by atoms with E-state index in [0.717, 1.165) is 35.1 Å². The Labute approximate surface area is 123 Å². The van der Waals surface area contributed by atoms with Crippen LogP contribution < -0.4 is 8.85 Å². The van der Waals surface area contributed by atoms with Crippen LogP contribution in [0.3, 0.4) is 0 Å². The minimum absolute atomic E-state index is 0.0128. The number of hydrogen-bond donors (Lipinski definition) is 2. The molecule has 0 aliphatic rings.